The molecule has 0 bridgehead atoms. The van der Waals surface area contributed by atoms with Crippen molar-refractivity contribution in [2.24, 2.45) is 0 Å². The first kappa shape index (κ1) is 9.86. The fourth-order valence-corrected chi connectivity index (χ4v) is 3.05. The van der Waals surface area contributed by atoms with Crippen LogP contribution in [0.2, 0.25) is 0 Å². The normalized spacial score (nSPS) is 26.4. The maximum atomic E-state index is 3.56. The maximum absolute atomic E-state index is 3.56. The maximum Gasteiger partial charge on any atom is 0.0240 e. The first-order chi connectivity index (χ1) is 7.24. The van der Waals surface area contributed by atoms with E-state index >= 15 is 0 Å². The van der Waals surface area contributed by atoms with Gasteiger partial charge in [0.25, 0.3) is 0 Å². The number of fused-ring (bicyclic) bond motifs is 1. The van der Waals surface area contributed by atoms with Crippen molar-refractivity contribution < 1.29 is 0 Å². The Morgan fingerprint density at radius 1 is 1.33 bits per heavy atom. The Kier molecular flexibility index (Phi) is 2.37. The van der Waals surface area contributed by atoms with Crippen LogP contribution in [0.25, 0.3) is 0 Å². The second kappa shape index (κ2) is 3.60. The molecule has 3 rings (SSSR count). The van der Waals surface area contributed by atoms with Gasteiger partial charge in [0.1, 0.15) is 0 Å². The lowest BCUT2D eigenvalue weighted by Gasteiger charge is -2.33. The third-order valence-electron chi connectivity index (χ3n) is 3.58. The molecule has 0 saturated heterocycles. The second-order valence-electron chi connectivity index (χ2n) is 4.90. The van der Waals surface area contributed by atoms with E-state index in [1.165, 1.54) is 29.4 Å². The van der Waals surface area contributed by atoms with Crippen LogP contribution >= 0.6 is 15.9 Å². The molecule has 1 unspecified atom stereocenters. The van der Waals surface area contributed by atoms with Crippen LogP contribution in [0.1, 0.15) is 36.8 Å². The lowest BCUT2D eigenvalue weighted by atomic mass is 9.91. The van der Waals surface area contributed by atoms with Crippen LogP contribution < -0.4 is 0 Å². The van der Waals surface area contributed by atoms with Gasteiger partial charge in [0.2, 0.25) is 0 Å². The Hall–Kier alpha value is -0.340. The molecule has 1 saturated carbocycles. The van der Waals surface area contributed by atoms with Crippen LogP contribution in [0.3, 0.4) is 0 Å². The number of benzene rings is 1. The molecule has 1 aliphatic carbocycles. The highest BCUT2D eigenvalue weighted by Crippen LogP contribution is 2.36. The number of rotatable bonds is 1. The predicted octanol–water partition coefficient (Wildman–Crippen LogP) is 3.53. The summed E-state index contributed by atoms with van der Waals surface area (Å²) >= 11 is 3.56. The van der Waals surface area contributed by atoms with E-state index in [0.717, 1.165) is 12.6 Å². The Morgan fingerprint density at radius 3 is 2.87 bits per heavy atom. The molecule has 1 aromatic carbocycles. The van der Waals surface area contributed by atoms with Crippen molar-refractivity contribution in [1.82, 2.24) is 4.90 Å². The van der Waals surface area contributed by atoms with Gasteiger partial charge in [-0.15, -0.1) is 0 Å². The van der Waals surface area contributed by atoms with E-state index < -0.39 is 0 Å². The van der Waals surface area contributed by atoms with Gasteiger partial charge in [0, 0.05) is 23.6 Å². The standard InChI is InChI=1S/C13H16BrN/c1-9-7-15(12-3-4-12)8-10-6-11(14)2-5-13(9)10/h2,5-6,9,12H,3-4,7-8H2,1H3. The quantitative estimate of drug-likeness (QED) is 0.751. The van der Waals surface area contributed by atoms with Gasteiger partial charge in [-0.25, -0.2) is 0 Å². The third-order valence-corrected chi connectivity index (χ3v) is 4.07. The van der Waals surface area contributed by atoms with Crippen molar-refractivity contribution >= 4 is 15.9 Å². The monoisotopic (exact) mass is 265 g/mol. The van der Waals surface area contributed by atoms with E-state index in [-0.39, 0.29) is 0 Å². The molecular weight excluding hydrogens is 250 g/mol. The van der Waals surface area contributed by atoms with Gasteiger partial charge in [-0.05, 0) is 42.0 Å². The van der Waals surface area contributed by atoms with Gasteiger partial charge < -0.3 is 0 Å². The van der Waals surface area contributed by atoms with E-state index in [2.05, 4.69) is 46.0 Å². The Balaban J connectivity index is 1.93. The van der Waals surface area contributed by atoms with Crippen molar-refractivity contribution in [3.63, 3.8) is 0 Å². The van der Waals surface area contributed by atoms with E-state index in [1.54, 1.807) is 5.56 Å². The molecular formula is C13H16BrN. The molecule has 1 aliphatic heterocycles. The van der Waals surface area contributed by atoms with Gasteiger partial charge in [0.05, 0.1) is 0 Å². The molecule has 0 spiro atoms. The zero-order chi connectivity index (χ0) is 10.4. The van der Waals surface area contributed by atoms with Crippen molar-refractivity contribution in [1.29, 1.82) is 0 Å². The molecule has 80 valence electrons. The average Bonchev–Trinajstić information content (AvgIpc) is 2.99. The van der Waals surface area contributed by atoms with Crippen LogP contribution in [0.5, 0.6) is 0 Å². The van der Waals surface area contributed by atoms with Crippen LogP contribution in [0.15, 0.2) is 22.7 Å². The van der Waals surface area contributed by atoms with Crippen molar-refractivity contribution in [2.75, 3.05) is 6.54 Å². The molecule has 1 aromatic rings. The Bertz CT molecular complexity index is 384. The highest BCUT2D eigenvalue weighted by atomic mass is 79.9. The summed E-state index contributed by atoms with van der Waals surface area (Å²) in [5.74, 6) is 0.697. The molecule has 15 heavy (non-hydrogen) atoms. The molecule has 1 nitrogen and oxygen atoms in total. The highest BCUT2D eigenvalue weighted by molar-refractivity contribution is 9.10. The number of nitrogens with zero attached hydrogens (tertiary/aromatic N) is 1. The summed E-state index contributed by atoms with van der Waals surface area (Å²) in [7, 11) is 0. The molecule has 1 fully saturated rings. The van der Waals surface area contributed by atoms with Crippen molar-refractivity contribution in [3.05, 3.63) is 33.8 Å². The number of hydrogen-bond acceptors (Lipinski definition) is 1. The molecule has 0 N–H and O–H groups in total. The smallest absolute Gasteiger partial charge is 0.0240 e. The summed E-state index contributed by atoms with van der Waals surface area (Å²) < 4.78 is 1.21. The molecule has 0 amide bonds. The Labute approximate surface area is 99.6 Å². The summed E-state index contributed by atoms with van der Waals surface area (Å²) in [5.41, 5.74) is 3.07. The minimum atomic E-state index is 0.697. The predicted molar refractivity (Wildman–Crippen MR) is 66.0 cm³/mol. The summed E-state index contributed by atoms with van der Waals surface area (Å²) in [5, 5.41) is 0. The fraction of sp³-hybridized carbons (Fsp3) is 0.538. The summed E-state index contributed by atoms with van der Waals surface area (Å²) in [6.07, 6.45) is 2.83. The minimum Gasteiger partial charge on any atom is -0.296 e. The van der Waals surface area contributed by atoms with Gasteiger partial charge in [-0.3, -0.25) is 4.90 Å². The minimum absolute atomic E-state index is 0.697. The summed E-state index contributed by atoms with van der Waals surface area (Å²) in [6, 6.07) is 7.64. The van der Waals surface area contributed by atoms with Crippen LogP contribution in [0, 0.1) is 0 Å². The number of hydrogen-bond donors (Lipinski definition) is 0. The lowest BCUT2D eigenvalue weighted by Crippen LogP contribution is -2.34. The summed E-state index contributed by atoms with van der Waals surface area (Å²) in [6.45, 7) is 4.75. The summed E-state index contributed by atoms with van der Waals surface area (Å²) in [4.78, 5) is 2.65. The van der Waals surface area contributed by atoms with Crippen molar-refractivity contribution in [3.8, 4) is 0 Å². The zero-order valence-electron chi connectivity index (χ0n) is 9.04. The average molecular weight is 266 g/mol. The zero-order valence-corrected chi connectivity index (χ0v) is 10.6. The van der Waals surface area contributed by atoms with E-state index in [4.69, 9.17) is 0 Å². The molecule has 2 heteroatoms. The lowest BCUT2D eigenvalue weighted by molar-refractivity contribution is 0.225. The molecule has 2 aliphatic rings. The van der Waals surface area contributed by atoms with Gasteiger partial charge >= 0.3 is 0 Å². The SMILES string of the molecule is CC1CN(C2CC2)Cc2cc(Br)ccc21. The molecule has 1 atom stereocenters. The second-order valence-corrected chi connectivity index (χ2v) is 5.82. The molecule has 1 heterocycles. The van der Waals surface area contributed by atoms with Crippen LogP contribution in [-0.4, -0.2) is 17.5 Å². The van der Waals surface area contributed by atoms with Crippen LogP contribution in [-0.2, 0) is 6.54 Å². The first-order valence-corrected chi connectivity index (χ1v) is 6.55. The van der Waals surface area contributed by atoms with Crippen LogP contribution in [0.4, 0.5) is 0 Å². The molecule has 0 radical (unpaired) electrons. The van der Waals surface area contributed by atoms with E-state index in [9.17, 15) is 0 Å². The van der Waals surface area contributed by atoms with Gasteiger partial charge in [-0.1, -0.05) is 28.9 Å². The fourth-order valence-electron chi connectivity index (χ4n) is 2.64. The number of halogens is 1. The van der Waals surface area contributed by atoms with Crippen molar-refractivity contribution in [2.45, 2.75) is 38.3 Å². The van der Waals surface area contributed by atoms with Gasteiger partial charge in [-0.2, -0.15) is 0 Å². The van der Waals surface area contributed by atoms with Gasteiger partial charge in [0.15, 0.2) is 0 Å². The first-order valence-electron chi connectivity index (χ1n) is 5.76. The largest absolute Gasteiger partial charge is 0.296 e. The topological polar surface area (TPSA) is 3.24 Å². The van der Waals surface area contributed by atoms with E-state index in [1.807, 2.05) is 0 Å². The highest BCUT2D eigenvalue weighted by Gasteiger charge is 2.33. The van der Waals surface area contributed by atoms with E-state index in [0.29, 0.717) is 5.92 Å². The molecule has 0 aromatic heterocycles. The Morgan fingerprint density at radius 2 is 2.13 bits per heavy atom. The third kappa shape index (κ3) is 1.85.